The van der Waals surface area contributed by atoms with Crippen molar-refractivity contribution in [3.05, 3.63) is 42.2 Å². The maximum Gasteiger partial charge on any atom is 0.169 e. The van der Waals surface area contributed by atoms with Crippen LogP contribution in [0.5, 0.6) is 5.75 Å². The van der Waals surface area contributed by atoms with Crippen molar-refractivity contribution in [2.24, 2.45) is 0 Å². The molecule has 1 aromatic carbocycles. The van der Waals surface area contributed by atoms with Crippen LogP contribution in [0.3, 0.4) is 0 Å². The van der Waals surface area contributed by atoms with Gasteiger partial charge >= 0.3 is 0 Å². The highest BCUT2D eigenvalue weighted by Crippen LogP contribution is 2.12. The lowest BCUT2D eigenvalue weighted by Crippen LogP contribution is -1.98. The summed E-state index contributed by atoms with van der Waals surface area (Å²) in [6, 6.07) is 8.80. The molecule has 1 heterocycles. The largest absolute Gasteiger partial charge is 0.508 e. The molecule has 0 amide bonds. The zero-order valence-corrected chi connectivity index (χ0v) is 7.47. The van der Waals surface area contributed by atoms with Gasteiger partial charge in [-0.1, -0.05) is 17.3 Å². The number of hydrogen-bond acceptors (Lipinski definition) is 4. The molecule has 0 saturated heterocycles. The molecule has 0 spiro atoms. The first-order valence-corrected chi connectivity index (χ1v) is 4.27. The lowest BCUT2D eigenvalue weighted by atomic mass is 10.2. The third kappa shape index (κ3) is 2.04. The number of nitrogens with one attached hydrogen (secondary N) is 1. The number of hydrogen-bond donors (Lipinski definition) is 2. The summed E-state index contributed by atoms with van der Waals surface area (Å²) in [5.74, 6) is 0.956. The van der Waals surface area contributed by atoms with Gasteiger partial charge in [0.05, 0.1) is 0 Å². The first-order valence-electron chi connectivity index (χ1n) is 4.27. The summed E-state index contributed by atoms with van der Waals surface area (Å²) in [7, 11) is 0. The van der Waals surface area contributed by atoms with Crippen molar-refractivity contribution in [2.75, 3.05) is 5.32 Å². The number of phenols is 1. The van der Waals surface area contributed by atoms with Gasteiger partial charge in [0, 0.05) is 12.6 Å². The van der Waals surface area contributed by atoms with Gasteiger partial charge in [-0.2, -0.15) is 0 Å². The molecule has 0 bridgehead atoms. The van der Waals surface area contributed by atoms with Crippen LogP contribution in [0.25, 0.3) is 0 Å². The average Bonchev–Trinajstić information content (AvgIpc) is 2.67. The molecule has 0 aliphatic rings. The molecule has 2 aromatic rings. The number of rotatable bonds is 3. The SMILES string of the molecule is Oc1cccc(CNc2ccon2)c1. The Morgan fingerprint density at radius 3 is 3.00 bits per heavy atom. The van der Waals surface area contributed by atoms with Gasteiger partial charge in [0.2, 0.25) is 0 Å². The molecular formula is C10H10N2O2. The minimum Gasteiger partial charge on any atom is -0.508 e. The van der Waals surface area contributed by atoms with Gasteiger partial charge in [-0.05, 0) is 17.7 Å². The van der Waals surface area contributed by atoms with Crippen molar-refractivity contribution >= 4 is 5.82 Å². The molecule has 0 radical (unpaired) electrons. The molecule has 1 aromatic heterocycles. The van der Waals surface area contributed by atoms with E-state index in [1.54, 1.807) is 24.3 Å². The topological polar surface area (TPSA) is 58.3 Å². The second-order valence-corrected chi connectivity index (χ2v) is 2.91. The maximum atomic E-state index is 9.21. The van der Waals surface area contributed by atoms with Crippen LogP contribution in [0.2, 0.25) is 0 Å². The summed E-state index contributed by atoms with van der Waals surface area (Å²) in [6.07, 6.45) is 1.50. The fourth-order valence-corrected chi connectivity index (χ4v) is 1.16. The van der Waals surface area contributed by atoms with Crippen LogP contribution in [0.4, 0.5) is 5.82 Å². The molecule has 72 valence electrons. The highest BCUT2D eigenvalue weighted by molar-refractivity contribution is 5.34. The molecule has 0 fully saturated rings. The van der Waals surface area contributed by atoms with Crippen LogP contribution in [-0.4, -0.2) is 10.3 Å². The molecule has 4 nitrogen and oxygen atoms in total. The first kappa shape index (κ1) is 8.62. The zero-order chi connectivity index (χ0) is 9.80. The van der Waals surface area contributed by atoms with E-state index < -0.39 is 0 Å². The number of benzene rings is 1. The summed E-state index contributed by atoms with van der Waals surface area (Å²) in [5, 5.41) is 16.0. The third-order valence-corrected chi connectivity index (χ3v) is 1.82. The molecule has 0 aliphatic carbocycles. The van der Waals surface area contributed by atoms with Gasteiger partial charge < -0.3 is 14.9 Å². The van der Waals surface area contributed by atoms with Crippen molar-refractivity contribution in [3.8, 4) is 5.75 Å². The van der Waals surface area contributed by atoms with Crippen molar-refractivity contribution in [1.29, 1.82) is 0 Å². The first-order chi connectivity index (χ1) is 6.84. The van der Waals surface area contributed by atoms with Gasteiger partial charge in [-0.25, -0.2) is 0 Å². The number of nitrogens with zero attached hydrogens (tertiary/aromatic N) is 1. The Kier molecular flexibility index (Phi) is 2.36. The van der Waals surface area contributed by atoms with E-state index in [9.17, 15) is 5.11 Å². The van der Waals surface area contributed by atoms with E-state index in [0.717, 1.165) is 5.56 Å². The molecule has 2 rings (SSSR count). The maximum absolute atomic E-state index is 9.21. The van der Waals surface area contributed by atoms with Crippen LogP contribution in [0.15, 0.2) is 41.1 Å². The standard InChI is InChI=1S/C10H10N2O2/c13-9-3-1-2-8(6-9)7-11-10-4-5-14-12-10/h1-6,13H,7H2,(H,11,12). The van der Waals surface area contributed by atoms with Crippen LogP contribution < -0.4 is 5.32 Å². The predicted molar refractivity (Wildman–Crippen MR) is 51.9 cm³/mol. The van der Waals surface area contributed by atoms with Crippen molar-refractivity contribution in [2.45, 2.75) is 6.54 Å². The third-order valence-electron chi connectivity index (χ3n) is 1.82. The lowest BCUT2D eigenvalue weighted by Gasteiger charge is -2.02. The Labute approximate surface area is 81.2 Å². The van der Waals surface area contributed by atoms with Crippen molar-refractivity contribution in [3.63, 3.8) is 0 Å². The molecule has 4 heteroatoms. The highest BCUT2D eigenvalue weighted by Gasteiger charge is 1.96. The molecule has 0 unspecified atom stereocenters. The number of phenolic OH excluding ortho intramolecular Hbond substituents is 1. The Balaban J connectivity index is 1.98. The fraction of sp³-hybridized carbons (Fsp3) is 0.100. The minimum atomic E-state index is 0.268. The molecule has 14 heavy (non-hydrogen) atoms. The smallest absolute Gasteiger partial charge is 0.169 e. The summed E-state index contributed by atoms with van der Waals surface area (Å²) in [5.41, 5.74) is 0.994. The molecular weight excluding hydrogens is 180 g/mol. The lowest BCUT2D eigenvalue weighted by molar-refractivity contribution is 0.422. The van der Waals surface area contributed by atoms with Crippen LogP contribution in [0, 0.1) is 0 Å². The predicted octanol–water partition coefficient (Wildman–Crippen LogP) is 1.99. The van der Waals surface area contributed by atoms with Gasteiger partial charge in [-0.3, -0.25) is 0 Å². The Morgan fingerprint density at radius 2 is 2.29 bits per heavy atom. The second-order valence-electron chi connectivity index (χ2n) is 2.91. The number of anilines is 1. The summed E-state index contributed by atoms with van der Waals surface area (Å²) in [6.45, 7) is 0.612. The average molecular weight is 190 g/mol. The van der Waals surface area contributed by atoms with Crippen molar-refractivity contribution < 1.29 is 9.63 Å². The van der Waals surface area contributed by atoms with E-state index in [0.29, 0.717) is 12.4 Å². The monoisotopic (exact) mass is 190 g/mol. The summed E-state index contributed by atoms with van der Waals surface area (Å²) >= 11 is 0. The van der Waals surface area contributed by atoms with E-state index in [4.69, 9.17) is 0 Å². The van der Waals surface area contributed by atoms with Gasteiger partial charge in [0.25, 0.3) is 0 Å². The van der Waals surface area contributed by atoms with E-state index in [1.165, 1.54) is 6.26 Å². The normalized spacial score (nSPS) is 10.0. The second kappa shape index (κ2) is 3.83. The van der Waals surface area contributed by atoms with Crippen LogP contribution >= 0.6 is 0 Å². The van der Waals surface area contributed by atoms with Crippen molar-refractivity contribution in [1.82, 2.24) is 5.16 Å². The molecule has 0 saturated carbocycles. The highest BCUT2D eigenvalue weighted by atomic mass is 16.5. The van der Waals surface area contributed by atoms with E-state index in [2.05, 4.69) is 15.0 Å². The van der Waals surface area contributed by atoms with Gasteiger partial charge in [0.1, 0.15) is 12.0 Å². The Morgan fingerprint density at radius 1 is 1.36 bits per heavy atom. The quantitative estimate of drug-likeness (QED) is 0.777. The van der Waals surface area contributed by atoms with Gasteiger partial charge in [0.15, 0.2) is 5.82 Å². The van der Waals surface area contributed by atoms with E-state index in [1.807, 2.05) is 6.07 Å². The molecule has 0 atom stereocenters. The Hall–Kier alpha value is -1.97. The number of aromatic hydroxyl groups is 1. The van der Waals surface area contributed by atoms with E-state index in [-0.39, 0.29) is 5.75 Å². The van der Waals surface area contributed by atoms with Crippen LogP contribution in [-0.2, 0) is 6.54 Å². The fourth-order valence-electron chi connectivity index (χ4n) is 1.16. The number of aromatic nitrogens is 1. The van der Waals surface area contributed by atoms with E-state index >= 15 is 0 Å². The van der Waals surface area contributed by atoms with Gasteiger partial charge in [-0.15, -0.1) is 0 Å². The summed E-state index contributed by atoms with van der Waals surface area (Å²) < 4.78 is 4.66. The molecule has 0 aliphatic heterocycles. The van der Waals surface area contributed by atoms with Crippen LogP contribution in [0.1, 0.15) is 5.56 Å². The molecule has 2 N–H and O–H groups in total. The Bertz CT molecular complexity index is 398. The zero-order valence-electron chi connectivity index (χ0n) is 7.47. The minimum absolute atomic E-state index is 0.268. The summed E-state index contributed by atoms with van der Waals surface area (Å²) in [4.78, 5) is 0.